The van der Waals surface area contributed by atoms with Crippen LogP contribution in [0.2, 0.25) is 0 Å². The molecular weight excluding hydrogens is 228 g/mol. The number of hydrogen-bond donors (Lipinski definition) is 0. The van der Waals surface area contributed by atoms with Crippen molar-refractivity contribution in [2.24, 2.45) is 5.92 Å². The van der Waals surface area contributed by atoms with E-state index >= 15 is 0 Å². The van der Waals surface area contributed by atoms with Crippen LogP contribution in [0.15, 0.2) is 24.3 Å². The number of rotatable bonds is 4. The Morgan fingerprint density at radius 2 is 1.72 bits per heavy atom. The van der Waals surface area contributed by atoms with Gasteiger partial charge < -0.3 is 4.74 Å². The molecule has 1 saturated carbocycles. The minimum atomic E-state index is -0.360. The number of ketones is 2. The molecular formula is C15H18O3. The van der Waals surface area contributed by atoms with Crippen LogP contribution in [0.25, 0.3) is 0 Å². The minimum absolute atomic E-state index is 0.125. The summed E-state index contributed by atoms with van der Waals surface area (Å²) in [6.07, 6.45) is 3.28. The number of aryl methyl sites for hydroxylation is 1. The van der Waals surface area contributed by atoms with Crippen LogP contribution in [0.1, 0.15) is 31.2 Å². The summed E-state index contributed by atoms with van der Waals surface area (Å²) in [5.41, 5.74) is 1.14. The Labute approximate surface area is 107 Å². The molecule has 1 aromatic carbocycles. The van der Waals surface area contributed by atoms with Gasteiger partial charge in [-0.3, -0.25) is 9.59 Å². The van der Waals surface area contributed by atoms with E-state index < -0.39 is 0 Å². The number of ether oxygens (including phenoxy) is 1. The molecule has 0 unspecified atom stereocenters. The lowest BCUT2D eigenvalue weighted by molar-refractivity contribution is -0.135. The lowest BCUT2D eigenvalue weighted by Gasteiger charge is -2.19. The number of benzene rings is 1. The van der Waals surface area contributed by atoms with Crippen molar-refractivity contribution in [2.45, 2.75) is 32.1 Å². The Kier molecular flexibility index (Phi) is 4.13. The SMILES string of the molecule is COc1ccc(CCC2C(=O)CCCC2=O)cc1. The van der Waals surface area contributed by atoms with Gasteiger partial charge in [0.2, 0.25) is 0 Å². The van der Waals surface area contributed by atoms with E-state index in [0.717, 1.165) is 24.2 Å². The van der Waals surface area contributed by atoms with E-state index in [1.54, 1.807) is 7.11 Å². The van der Waals surface area contributed by atoms with Gasteiger partial charge in [-0.2, -0.15) is 0 Å². The molecule has 0 radical (unpaired) electrons. The predicted molar refractivity (Wildman–Crippen MR) is 68.7 cm³/mol. The number of carbonyl (C=O) groups excluding carboxylic acids is 2. The summed E-state index contributed by atoms with van der Waals surface area (Å²) in [4.78, 5) is 23.4. The molecule has 0 bridgehead atoms. The third kappa shape index (κ3) is 2.97. The van der Waals surface area contributed by atoms with E-state index in [2.05, 4.69) is 0 Å². The molecule has 1 aliphatic carbocycles. The van der Waals surface area contributed by atoms with Gasteiger partial charge in [-0.25, -0.2) is 0 Å². The molecule has 1 aromatic rings. The van der Waals surface area contributed by atoms with Gasteiger partial charge in [0, 0.05) is 12.8 Å². The maximum atomic E-state index is 11.7. The predicted octanol–water partition coefficient (Wildman–Crippen LogP) is 2.57. The standard InChI is InChI=1S/C15H18O3/c1-18-12-8-5-11(6-9-12)7-10-13-14(16)3-2-4-15(13)17/h5-6,8-9,13H,2-4,7,10H2,1H3. The fraction of sp³-hybridized carbons (Fsp3) is 0.467. The van der Waals surface area contributed by atoms with Crippen molar-refractivity contribution in [1.29, 1.82) is 0 Å². The molecule has 3 heteroatoms. The molecule has 1 aliphatic rings. The zero-order valence-electron chi connectivity index (χ0n) is 10.6. The molecule has 0 amide bonds. The third-order valence-electron chi connectivity index (χ3n) is 3.50. The van der Waals surface area contributed by atoms with E-state index in [1.807, 2.05) is 24.3 Å². The number of Topliss-reactive ketones (excluding diaryl/α,β-unsaturated/α-hetero) is 2. The highest BCUT2D eigenvalue weighted by Gasteiger charge is 2.29. The molecule has 0 saturated heterocycles. The minimum Gasteiger partial charge on any atom is -0.497 e. The van der Waals surface area contributed by atoms with Crippen LogP contribution in [0.4, 0.5) is 0 Å². The highest BCUT2D eigenvalue weighted by Crippen LogP contribution is 2.22. The summed E-state index contributed by atoms with van der Waals surface area (Å²) in [6, 6.07) is 7.77. The zero-order chi connectivity index (χ0) is 13.0. The zero-order valence-corrected chi connectivity index (χ0v) is 10.6. The summed E-state index contributed by atoms with van der Waals surface area (Å²) in [6.45, 7) is 0. The van der Waals surface area contributed by atoms with Gasteiger partial charge in [-0.05, 0) is 37.0 Å². The lowest BCUT2D eigenvalue weighted by Crippen LogP contribution is -2.28. The highest BCUT2D eigenvalue weighted by molar-refractivity contribution is 6.04. The third-order valence-corrected chi connectivity index (χ3v) is 3.50. The first-order chi connectivity index (χ1) is 8.70. The Morgan fingerprint density at radius 3 is 2.28 bits per heavy atom. The van der Waals surface area contributed by atoms with Crippen LogP contribution in [0.3, 0.4) is 0 Å². The van der Waals surface area contributed by atoms with E-state index in [4.69, 9.17) is 4.74 Å². The number of carbonyl (C=O) groups is 2. The second kappa shape index (κ2) is 5.80. The van der Waals surface area contributed by atoms with Gasteiger partial charge in [-0.1, -0.05) is 12.1 Å². The second-order valence-corrected chi connectivity index (χ2v) is 4.73. The van der Waals surface area contributed by atoms with Gasteiger partial charge in [0.15, 0.2) is 0 Å². The van der Waals surface area contributed by atoms with Crippen LogP contribution >= 0.6 is 0 Å². The molecule has 0 heterocycles. The van der Waals surface area contributed by atoms with E-state index in [0.29, 0.717) is 19.3 Å². The molecule has 0 aliphatic heterocycles. The van der Waals surface area contributed by atoms with E-state index in [-0.39, 0.29) is 17.5 Å². The van der Waals surface area contributed by atoms with Gasteiger partial charge in [0.1, 0.15) is 17.3 Å². The highest BCUT2D eigenvalue weighted by atomic mass is 16.5. The quantitative estimate of drug-likeness (QED) is 0.767. The van der Waals surface area contributed by atoms with E-state index in [9.17, 15) is 9.59 Å². The number of methoxy groups -OCH3 is 1. The van der Waals surface area contributed by atoms with Crippen molar-refractivity contribution >= 4 is 11.6 Å². The van der Waals surface area contributed by atoms with Gasteiger partial charge in [0.05, 0.1) is 13.0 Å². The molecule has 0 spiro atoms. The van der Waals surface area contributed by atoms with Gasteiger partial charge >= 0.3 is 0 Å². The summed E-state index contributed by atoms with van der Waals surface area (Å²) in [7, 11) is 1.63. The Bertz CT molecular complexity index is 418. The maximum Gasteiger partial charge on any atom is 0.143 e. The van der Waals surface area contributed by atoms with Gasteiger partial charge in [0.25, 0.3) is 0 Å². The first-order valence-corrected chi connectivity index (χ1v) is 6.39. The average Bonchev–Trinajstić information content (AvgIpc) is 2.39. The van der Waals surface area contributed by atoms with Crippen LogP contribution in [0.5, 0.6) is 5.75 Å². The Hall–Kier alpha value is -1.64. The molecule has 96 valence electrons. The Morgan fingerprint density at radius 1 is 1.11 bits per heavy atom. The molecule has 0 N–H and O–H groups in total. The fourth-order valence-corrected chi connectivity index (χ4v) is 2.39. The first kappa shape index (κ1) is 12.8. The van der Waals surface area contributed by atoms with Gasteiger partial charge in [-0.15, -0.1) is 0 Å². The van der Waals surface area contributed by atoms with Crippen molar-refractivity contribution in [3.63, 3.8) is 0 Å². The largest absolute Gasteiger partial charge is 0.497 e. The number of hydrogen-bond acceptors (Lipinski definition) is 3. The maximum absolute atomic E-state index is 11.7. The molecule has 0 atom stereocenters. The summed E-state index contributed by atoms with van der Waals surface area (Å²) in [5, 5.41) is 0. The van der Waals surface area contributed by atoms with Crippen LogP contribution in [0, 0.1) is 5.92 Å². The Balaban J connectivity index is 1.93. The van der Waals surface area contributed by atoms with Crippen molar-refractivity contribution in [2.75, 3.05) is 7.11 Å². The smallest absolute Gasteiger partial charge is 0.143 e. The molecule has 2 rings (SSSR count). The molecule has 0 aromatic heterocycles. The molecule has 3 nitrogen and oxygen atoms in total. The van der Waals surface area contributed by atoms with Crippen molar-refractivity contribution in [3.05, 3.63) is 29.8 Å². The average molecular weight is 246 g/mol. The topological polar surface area (TPSA) is 43.4 Å². The van der Waals surface area contributed by atoms with Crippen LogP contribution < -0.4 is 4.74 Å². The van der Waals surface area contributed by atoms with Crippen molar-refractivity contribution in [1.82, 2.24) is 0 Å². The fourth-order valence-electron chi connectivity index (χ4n) is 2.39. The first-order valence-electron chi connectivity index (χ1n) is 6.39. The normalized spacial score (nSPS) is 16.9. The second-order valence-electron chi connectivity index (χ2n) is 4.73. The molecule has 18 heavy (non-hydrogen) atoms. The lowest BCUT2D eigenvalue weighted by atomic mass is 9.83. The van der Waals surface area contributed by atoms with Crippen LogP contribution in [-0.2, 0) is 16.0 Å². The van der Waals surface area contributed by atoms with Crippen molar-refractivity contribution < 1.29 is 14.3 Å². The monoisotopic (exact) mass is 246 g/mol. The summed E-state index contributed by atoms with van der Waals surface area (Å²) >= 11 is 0. The van der Waals surface area contributed by atoms with E-state index in [1.165, 1.54) is 0 Å². The molecule has 1 fully saturated rings. The van der Waals surface area contributed by atoms with Crippen molar-refractivity contribution in [3.8, 4) is 5.75 Å². The summed E-state index contributed by atoms with van der Waals surface area (Å²) in [5.74, 6) is 0.712. The van der Waals surface area contributed by atoms with Crippen LogP contribution in [-0.4, -0.2) is 18.7 Å². The summed E-state index contributed by atoms with van der Waals surface area (Å²) < 4.78 is 5.09.